The van der Waals surface area contributed by atoms with E-state index in [0.29, 0.717) is 25.4 Å². The van der Waals surface area contributed by atoms with Crippen LogP contribution in [-0.2, 0) is 23.9 Å². The Morgan fingerprint density at radius 1 is 1.13 bits per heavy atom. The molecule has 2 aliphatic heterocycles. The summed E-state index contributed by atoms with van der Waals surface area (Å²) in [5.41, 5.74) is 0.708. The van der Waals surface area contributed by atoms with Gasteiger partial charge in [0.1, 0.15) is 5.75 Å². The molecule has 8 heteroatoms. The molecule has 164 valence electrons. The molecule has 0 spiro atoms. The van der Waals surface area contributed by atoms with E-state index in [4.69, 9.17) is 14.2 Å². The number of hydrogen-bond donors (Lipinski definition) is 0. The summed E-state index contributed by atoms with van der Waals surface area (Å²) in [7, 11) is 0. The number of amides is 2. The Bertz CT molecular complexity index is 770. The molecule has 4 unspecified atom stereocenters. The summed E-state index contributed by atoms with van der Waals surface area (Å²) in [6.45, 7) is 9.04. The van der Waals surface area contributed by atoms with Gasteiger partial charge in [-0.15, -0.1) is 0 Å². The van der Waals surface area contributed by atoms with E-state index in [1.165, 1.54) is 0 Å². The van der Waals surface area contributed by atoms with Crippen LogP contribution in [0.1, 0.15) is 34.1 Å². The summed E-state index contributed by atoms with van der Waals surface area (Å²) >= 11 is 0. The number of carbonyl (C=O) groups is 3. The third-order valence-electron chi connectivity index (χ3n) is 5.29. The van der Waals surface area contributed by atoms with Crippen molar-refractivity contribution in [2.75, 3.05) is 31.1 Å². The molecule has 4 atom stereocenters. The lowest BCUT2D eigenvalue weighted by Gasteiger charge is -2.36. The van der Waals surface area contributed by atoms with Crippen LogP contribution in [0.2, 0.25) is 0 Å². The predicted molar refractivity (Wildman–Crippen MR) is 110 cm³/mol. The van der Waals surface area contributed by atoms with Crippen LogP contribution in [0.5, 0.6) is 5.75 Å². The second-order valence-electron chi connectivity index (χ2n) is 7.91. The van der Waals surface area contributed by atoms with Crippen molar-refractivity contribution in [2.45, 2.75) is 52.4 Å². The van der Waals surface area contributed by atoms with E-state index in [1.807, 2.05) is 20.8 Å². The first-order valence-corrected chi connectivity index (χ1v) is 10.5. The van der Waals surface area contributed by atoms with E-state index in [1.54, 1.807) is 41.0 Å². The monoisotopic (exact) mass is 418 g/mol. The molecule has 3 rings (SSSR count). The van der Waals surface area contributed by atoms with Crippen LogP contribution >= 0.6 is 0 Å². The quantitative estimate of drug-likeness (QED) is 0.657. The maximum atomic E-state index is 12.7. The molecule has 0 bridgehead atoms. The third-order valence-corrected chi connectivity index (χ3v) is 5.29. The fraction of sp³-hybridized carbons (Fsp3) is 0.591. The summed E-state index contributed by atoms with van der Waals surface area (Å²) in [6.07, 6.45) is -0.949. The Balaban J connectivity index is 1.56. The van der Waals surface area contributed by atoms with E-state index in [2.05, 4.69) is 0 Å². The SMILES string of the molecule is CCOc1ccc(N2CC(C(=O)OC(C)C(=O)N3CC(C)OC(C)C3)CC2=O)cc1. The minimum Gasteiger partial charge on any atom is -0.494 e. The van der Waals surface area contributed by atoms with Gasteiger partial charge in [0.05, 0.1) is 24.7 Å². The molecular weight excluding hydrogens is 388 g/mol. The van der Waals surface area contributed by atoms with Gasteiger partial charge in [0.15, 0.2) is 6.10 Å². The highest BCUT2D eigenvalue weighted by Gasteiger charge is 2.38. The van der Waals surface area contributed by atoms with Crippen LogP contribution in [0.3, 0.4) is 0 Å². The molecule has 0 N–H and O–H groups in total. The van der Waals surface area contributed by atoms with Crippen LogP contribution in [0, 0.1) is 5.92 Å². The van der Waals surface area contributed by atoms with Gasteiger partial charge in [-0.05, 0) is 52.0 Å². The zero-order valence-electron chi connectivity index (χ0n) is 18.0. The first kappa shape index (κ1) is 22.1. The van der Waals surface area contributed by atoms with Gasteiger partial charge in [-0.1, -0.05) is 0 Å². The summed E-state index contributed by atoms with van der Waals surface area (Å²) in [4.78, 5) is 41.0. The largest absolute Gasteiger partial charge is 0.494 e. The molecule has 1 aromatic rings. The van der Waals surface area contributed by atoms with Crippen LogP contribution in [-0.4, -0.2) is 67.2 Å². The fourth-order valence-electron chi connectivity index (χ4n) is 3.94. The van der Waals surface area contributed by atoms with E-state index in [0.717, 1.165) is 5.75 Å². The van der Waals surface area contributed by atoms with Gasteiger partial charge >= 0.3 is 5.97 Å². The van der Waals surface area contributed by atoms with Crippen LogP contribution < -0.4 is 9.64 Å². The number of anilines is 1. The zero-order valence-corrected chi connectivity index (χ0v) is 18.0. The Hall–Kier alpha value is -2.61. The molecule has 0 radical (unpaired) electrons. The molecule has 0 saturated carbocycles. The lowest BCUT2D eigenvalue weighted by atomic mass is 10.1. The van der Waals surface area contributed by atoms with Gasteiger partial charge in [0, 0.05) is 31.7 Å². The van der Waals surface area contributed by atoms with Crippen molar-refractivity contribution >= 4 is 23.5 Å². The number of rotatable bonds is 6. The smallest absolute Gasteiger partial charge is 0.312 e. The lowest BCUT2D eigenvalue weighted by molar-refractivity contribution is -0.166. The molecular formula is C22H30N2O6. The van der Waals surface area contributed by atoms with Crippen LogP contribution in [0.4, 0.5) is 5.69 Å². The van der Waals surface area contributed by atoms with Gasteiger partial charge in [-0.3, -0.25) is 14.4 Å². The molecule has 2 saturated heterocycles. The van der Waals surface area contributed by atoms with Gasteiger partial charge in [0.2, 0.25) is 5.91 Å². The first-order chi connectivity index (χ1) is 14.3. The number of ether oxygens (including phenoxy) is 3. The van der Waals surface area contributed by atoms with Crippen molar-refractivity contribution < 1.29 is 28.6 Å². The number of carbonyl (C=O) groups excluding carboxylic acids is 3. The molecule has 2 heterocycles. The maximum absolute atomic E-state index is 12.7. The second-order valence-corrected chi connectivity index (χ2v) is 7.91. The van der Waals surface area contributed by atoms with Crippen molar-refractivity contribution in [1.82, 2.24) is 4.90 Å². The van der Waals surface area contributed by atoms with Gasteiger partial charge in [-0.2, -0.15) is 0 Å². The highest BCUT2D eigenvalue weighted by Crippen LogP contribution is 2.28. The zero-order chi connectivity index (χ0) is 21.8. The van der Waals surface area contributed by atoms with E-state index in [-0.39, 0.29) is 37.0 Å². The highest BCUT2D eigenvalue weighted by atomic mass is 16.5. The van der Waals surface area contributed by atoms with Crippen molar-refractivity contribution in [2.24, 2.45) is 5.92 Å². The van der Waals surface area contributed by atoms with E-state index >= 15 is 0 Å². The minimum atomic E-state index is -0.898. The summed E-state index contributed by atoms with van der Waals surface area (Å²) in [6, 6.07) is 7.18. The molecule has 2 amide bonds. The number of hydrogen-bond acceptors (Lipinski definition) is 6. The Morgan fingerprint density at radius 3 is 2.37 bits per heavy atom. The topological polar surface area (TPSA) is 85.4 Å². The number of benzene rings is 1. The maximum Gasteiger partial charge on any atom is 0.312 e. The number of esters is 1. The number of morpholine rings is 1. The molecule has 1 aromatic carbocycles. The first-order valence-electron chi connectivity index (χ1n) is 10.5. The third kappa shape index (κ3) is 5.11. The van der Waals surface area contributed by atoms with Crippen LogP contribution in [0.25, 0.3) is 0 Å². The Labute approximate surface area is 177 Å². The van der Waals surface area contributed by atoms with Gasteiger partial charge in [0.25, 0.3) is 5.91 Å². The fourth-order valence-corrected chi connectivity index (χ4v) is 3.94. The lowest BCUT2D eigenvalue weighted by Crippen LogP contribution is -2.51. The highest BCUT2D eigenvalue weighted by molar-refractivity contribution is 5.99. The molecule has 2 aliphatic rings. The van der Waals surface area contributed by atoms with E-state index < -0.39 is 18.0 Å². The molecule has 2 fully saturated rings. The van der Waals surface area contributed by atoms with E-state index in [9.17, 15) is 14.4 Å². The van der Waals surface area contributed by atoms with Crippen LogP contribution in [0.15, 0.2) is 24.3 Å². The molecule has 0 aromatic heterocycles. The number of nitrogens with zero attached hydrogens (tertiary/aromatic N) is 2. The van der Waals surface area contributed by atoms with Gasteiger partial charge < -0.3 is 24.0 Å². The Morgan fingerprint density at radius 2 is 1.77 bits per heavy atom. The molecule has 0 aliphatic carbocycles. The van der Waals surface area contributed by atoms with Crippen molar-refractivity contribution in [3.05, 3.63) is 24.3 Å². The van der Waals surface area contributed by atoms with Crippen molar-refractivity contribution in [1.29, 1.82) is 0 Å². The van der Waals surface area contributed by atoms with Crippen molar-refractivity contribution in [3.8, 4) is 5.75 Å². The molecule has 8 nitrogen and oxygen atoms in total. The normalized spacial score (nSPS) is 25.2. The minimum absolute atomic E-state index is 0.0595. The second kappa shape index (κ2) is 9.47. The average Bonchev–Trinajstić information content (AvgIpc) is 3.09. The Kier molecular flexibility index (Phi) is 6.97. The van der Waals surface area contributed by atoms with Gasteiger partial charge in [-0.25, -0.2) is 0 Å². The molecule has 30 heavy (non-hydrogen) atoms. The predicted octanol–water partition coefficient (Wildman–Crippen LogP) is 2.01. The summed E-state index contributed by atoms with van der Waals surface area (Å²) in [5, 5.41) is 0. The summed E-state index contributed by atoms with van der Waals surface area (Å²) < 4.78 is 16.5. The average molecular weight is 418 g/mol. The van der Waals surface area contributed by atoms with Crippen molar-refractivity contribution in [3.63, 3.8) is 0 Å². The summed E-state index contributed by atoms with van der Waals surface area (Å²) in [5.74, 6) is -0.772. The standard InChI is InChI=1S/C22H30N2O6/c1-5-28-19-8-6-18(7-9-19)24-13-17(10-20(24)25)22(27)30-16(4)21(26)23-11-14(2)29-15(3)12-23/h6-9,14-17H,5,10-13H2,1-4H3.